The maximum absolute atomic E-state index is 9.98. The second kappa shape index (κ2) is 7.05. The Morgan fingerprint density at radius 1 is 1.21 bits per heavy atom. The van der Waals surface area contributed by atoms with Crippen molar-refractivity contribution in [2.75, 3.05) is 26.2 Å². The molecule has 0 spiro atoms. The maximum Gasteiger partial charge on any atom is 0.0628 e. The molecular formula is C16H32N2O. The molecule has 3 nitrogen and oxygen atoms in total. The Balaban J connectivity index is 2.01. The van der Waals surface area contributed by atoms with Crippen LogP contribution in [-0.2, 0) is 0 Å². The van der Waals surface area contributed by atoms with Crippen LogP contribution in [0.4, 0.5) is 0 Å². The number of aliphatic hydroxyl groups is 1. The van der Waals surface area contributed by atoms with Crippen molar-refractivity contribution in [1.29, 1.82) is 0 Å². The minimum absolute atomic E-state index is 0.0297. The van der Waals surface area contributed by atoms with Gasteiger partial charge in [0.25, 0.3) is 0 Å². The maximum atomic E-state index is 9.98. The number of hydrogen-bond acceptors (Lipinski definition) is 3. The van der Waals surface area contributed by atoms with E-state index < -0.39 is 0 Å². The van der Waals surface area contributed by atoms with Crippen molar-refractivity contribution in [3.8, 4) is 0 Å². The van der Waals surface area contributed by atoms with E-state index in [0.29, 0.717) is 12.5 Å². The average molecular weight is 268 g/mol. The molecule has 19 heavy (non-hydrogen) atoms. The molecule has 1 aliphatic heterocycles. The lowest BCUT2D eigenvalue weighted by atomic mass is 9.89. The first-order valence-corrected chi connectivity index (χ1v) is 8.35. The average Bonchev–Trinajstić information content (AvgIpc) is 3.25. The van der Waals surface area contributed by atoms with Gasteiger partial charge in [-0.1, -0.05) is 26.7 Å². The lowest BCUT2D eigenvalue weighted by Crippen LogP contribution is -2.60. The van der Waals surface area contributed by atoms with E-state index >= 15 is 0 Å². The van der Waals surface area contributed by atoms with Gasteiger partial charge in [-0.05, 0) is 51.1 Å². The fourth-order valence-corrected chi connectivity index (χ4v) is 3.84. The molecule has 0 amide bonds. The first kappa shape index (κ1) is 15.3. The van der Waals surface area contributed by atoms with Crippen LogP contribution in [0.3, 0.4) is 0 Å². The largest absolute Gasteiger partial charge is 0.394 e. The molecule has 1 heterocycles. The number of aliphatic hydroxyl groups excluding tert-OH is 1. The highest BCUT2D eigenvalue weighted by atomic mass is 16.3. The van der Waals surface area contributed by atoms with E-state index in [1.807, 2.05) is 0 Å². The van der Waals surface area contributed by atoms with Crippen LogP contribution in [0, 0.1) is 5.92 Å². The molecule has 1 aliphatic carbocycles. The van der Waals surface area contributed by atoms with Crippen molar-refractivity contribution in [2.45, 2.75) is 70.4 Å². The molecule has 2 atom stereocenters. The van der Waals surface area contributed by atoms with Crippen LogP contribution in [0.25, 0.3) is 0 Å². The zero-order valence-electron chi connectivity index (χ0n) is 12.8. The molecule has 2 rings (SSSR count). The minimum atomic E-state index is -0.0297. The summed E-state index contributed by atoms with van der Waals surface area (Å²) in [6.45, 7) is 7.98. The van der Waals surface area contributed by atoms with Crippen molar-refractivity contribution >= 4 is 0 Å². The molecule has 2 aliphatic rings. The molecule has 2 fully saturated rings. The summed E-state index contributed by atoms with van der Waals surface area (Å²) in [7, 11) is 0. The molecule has 0 bridgehead atoms. The van der Waals surface area contributed by atoms with Crippen molar-refractivity contribution in [1.82, 2.24) is 10.2 Å². The number of likely N-dealkylation sites (tertiary alicyclic amines) is 1. The van der Waals surface area contributed by atoms with Gasteiger partial charge in [-0.2, -0.15) is 0 Å². The van der Waals surface area contributed by atoms with Gasteiger partial charge in [0, 0.05) is 12.6 Å². The summed E-state index contributed by atoms with van der Waals surface area (Å²) < 4.78 is 0. The number of likely N-dealkylation sites (N-methyl/N-ethyl adjacent to an activating group) is 1. The standard InChI is InChI=1S/C16H32N2O/c1-3-7-15-8-5-6-11-18(15)12-16(13-19,17-4-2)14-9-10-14/h14-15,17,19H,3-13H2,1-2H3. The molecule has 0 aromatic rings. The van der Waals surface area contributed by atoms with E-state index in [0.717, 1.165) is 19.1 Å². The summed E-state index contributed by atoms with van der Waals surface area (Å²) in [6.07, 6.45) is 9.25. The first-order valence-electron chi connectivity index (χ1n) is 8.35. The van der Waals surface area contributed by atoms with Gasteiger partial charge in [0.05, 0.1) is 12.1 Å². The Kier molecular flexibility index (Phi) is 5.67. The van der Waals surface area contributed by atoms with Crippen molar-refractivity contribution in [2.24, 2.45) is 5.92 Å². The van der Waals surface area contributed by atoms with Crippen molar-refractivity contribution in [3.05, 3.63) is 0 Å². The second-order valence-electron chi connectivity index (χ2n) is 6.53. The van der Waals surface area contributed by atoms with Crippen LogP contribution >= 0.6 is 0 Å². The highest BCUT2D eigenvalue weighted by Gasteiger charge is 2.46. The molecule has 0 aromatic carbocycles. The van der Waals surface area contributed by atoms with Gasteiger partial charge < -0.3 is 10.4 Å². The van der Waals surface area contributed by atoms with E-state index in [-0.39, 0.29) is 5.54 Å². The van der Waals surface area contributed by atoms with Crippen LogP contribution in [0.15, 0.2) is 0 Å². The fourth-order valence-electron chi connectivity index (χ4n) is 3.84. The lowest BCUT2D eigenvalue weighted by molar-refractivity contribution is 0.0517. The summed E-state index contributed by atoms with van der Waals surface area (Å²) in [5.41, 5.74) is -0.0297. The van der Waals surface area contributed by atoms with E-state index in [9.17, 15) is 5.11 Å². The molecule has 0 aromatic heterocycles. The third-order valence-electron chi connectivity index (χ3n) is 5.03. The van der Waals surface area contributed by atoms with E-state index in [4.69, 9.17) is 0 Å². The molecule has 0 radical (unpaired) electrons. The SMILES string of the molecule is CCCC1CCCCN1CC(CO)(NCC)C1CC1. The third kappa shape index (κ3) is 3.71. The molecule has 2 N–H and O–H groups in total. The Morgan fingerprint density at radius 3 is 2.58 bits per heavy atom. The Labute approximate surface area is 118 Å². The Bertz CT molecular complexity index is 265. The number of nitrogens with one attached hydrogen (secondary N) is 1. The number of hydrogen-bond donors (Lipinski definition) is 2. The quantitative estimate of drug-likeness (QED) is 0.709. The van der Waals surface area contributed by atoms with Gasteiger partial charge in [0.1, 0.15) is 0 Å². The van der Waals surface area contributed by atoms with Crippen molar-refractivity contribution in [3.63, 3.8) is 0 Å². The number of piperidine rings is 1. The highest BCUT2D eigenvalue weighted by Crippen LogP contribution is 2.40. The van der Waals surface area contributed by atoms with Gasteiger partial charge in [0.15, 0.2) is 0 Å². The van der Waals surface area contributed by atoms with Gasteiger partial charge in [0.2, 0.25) is 0 Å². The predicted octanol–water partition coefficient (Wildman–Crippen LogP) is 2.39. The lowest BCUT2D eigenvalue weighted by Gasteiger charge is -2.43. The Hall–Kier alpha value is -0.120. The molecule has 2 unspecified atom stereocenters. The van der Waals surface area contributed by atoms with E-state index in [1.54, 1.807) is 0 Å². The molecule has 112 valence electrons. The zero-order valence-corrected chi connectivity index (χ0v) is 12.8. The summed E-state index contributed by atoms with van der Waals surface area (Å²) in [5.74, 6) is 0.696. The van der Waals surface area contributed by atoms with E-state index in [2.05, 4.69) is 24.1 Å². The number of nitrogens with zero attached hydrogens (tertiary/aromatic N) is 1. The number of rotatable bonds is 8. The third-order valence-corrected chi connectivity index (χ3v) is 5.03. The van der Waals surface area contributed by atoms with Gasteiger partial charge in [-0.15, -0.1) is 0 Å². The Morgan fingerprint density at radius 2 is 2.00 bits per heavy atom. The topological polar surface area (TPSA) is 35.5 Å². The first-order chi connectivity index (χ1) is 9.25. The summed E-state index contributed by atoms with van der Waals surface area (Å²) in [4.78, 5) is 2.67. The smallest absolute Gasteiger partial charge is 0.0628 e. The summed E-state index contributed by atoms with van der Waals surface area (Å²) in [6, 6.07) is 0.752. The second-order valence-corrected chi connectivity index (χ2v) is 6.53. The normalized spacial score (nSPS) is 28.3. The van der Waals surface area contributed by atoms with Crippen LogP contribution in [-0.4, -0.2) is 47.8 Å². The summed E-state index contributed by atoms with van der Waals surface area (Å²) in [5, 5.41) is 13.6. The van der Waals surface area contributed by atoms with Crippen molar-refractivity contribution < 1.29 is 5.11 Å². The van der Waals surface area contributed by atoms with Gasteiger partial charge >= 0.3 is 0 Å². The minimum Gasteiger partial charge on any atom is -0.394 e. The fraction of sp³-hybridized carbons (Fsp3) is 1.00. The summed E-state index contributed by atoms with van der Waals surface area (Å²) >= 11 is 0. The van der Waals surface area contributed by atoms with Crippen LogP contribution < -0.4 is 5.32 Å². The molecule has 3 heteroatoms. The van der Waals surface area contributed by atoms with E-state index in [1.165, 1.54) is 51.5 Å². The molecule has 1 saturated heterocycles. The van der Waals surface area contributed by atoms with Gasteiger partial charge in [-0.25, -0.2) is 0 Å². The van der Waals surface area contributed by atoms with Crippen LogP contribution in [0.1, 0.15) is 58.8 Å². The predicted molar refractivity (Wildman–Crippen MR) is 80.3 cm³/mol. The van der Waals surface area contributed by atoms with Crippen LogP contribution in [0.2, 0.25) is 0 Å². The molecular weight excluding hydrogens is 236 g/mol. The highest BCUT2D eigenvalue weighted by molar-refractivity contribution is 5.03. The van der Waals surface area contributed by atoms with Gasteiger partial charge in [-0.3, -0.25) is 4.90 Å². The zero-order chi connectivity index (χ0) is 13.7. The molecule has 1 saturated carbocycles. The van der Waals surface area contributed by atoms with Crippen LogP contribution in [0.5, 0.6) is 0 Å². The monoisotopic (exact) mass is 268 g/mol.